The zero-order valence-electron chi connectivity index (χ0n) is 12.5. The predicted molar refractivity (Wildman–Crippen MR) is 85.3 cm³/mol. The Kier molecular flexibility index (Phi) is 4.54. The molecule has 0 saturated heterocycles. The first kappa shape index (κ1) is 17.5. The predicted octanol–water partition coefficient (Wildman–Crippen LogP) is 0.878. The van der Waals surface area contributed by atoms with E-state index in [9.17, 15) is 14.0 Å². The second kappa shape index (κ2) is 5.98. The van der Waals surface area contributed by atoms with Crippen molar-refractivity contribution in [3.8, 4) is 0 Å². The van der Waals surface area contributed by atoms with E-state index in [-0.39, 0.29) is 48.3 Å². The van der Waals surface area contributed by atoms with Gasteiger partial charge in [0.2, 0.25) is 5.91 Å². The maximum absolute atomic E-state index is 13.9. The first-order chi connectivity index (χ1) is 10.3. The summed E-state index contributed by atoms with van der Waals surface area (Å²) in [5.74, 6) is -0.624. The van der Waals surface area contributed by atoms with Crippen molar-refractivity contribution in [2.24, 2.45) is 11.5 Å². The highest BCUT2D eigenvalue weighted by Gasteiger charge is 2.69. The van der Waals surface area contributed by atoms with Gasteiger partial charge in [0.05, 0.1) is 6.54 Å². The van der Waals surface area contributed by atoms with Crippen molar-refractivity contribution in [3.63, 3.8) is 0 Å². The monoisotopic (exact) mass is 342 g/mol. The van der Waals surface area contributed by atoms with Crippen LogP contribution in [0.3, 0.4) is 0 Å². The number of urea groups is 1. The van der Waals surface area contributed by atoms with Crippen molar-refractivity contribution in [1.82, 2.24) is 10.2 Å². The fourth-order valence-electron chi connectivity index (χ4n) is 3.67. The summed E-state index contributed by atoms with van der Waals surface area (Å²) in [5, 5.41) is 2.30. The van der Waals surface area contributed by atoms with Gasteiger partial charge in [-0.1, -0.05) is 18.2 Å². The summed E-state index contributed by atoms with van der Waals surface area (Å²) in [5.41, 5.74) is 11.0. The number of rotatable bonds is 5. The summed E-state index contributed by atoms with van der Waals surface area (Å²) in [4.78, 5) is 24.9. The van der Waals surface area contributed by atoms with Crippen molar-refractivity contribution in [2.45, 2.75) is 36.9 Å². The highest BCUT2D eigenvalue weighted by molar-refractivity contribution is 5.85. The molecule has 0 heterocycles. The number of nitrogens with two attached hydrogens (primary N) is 2. The third-order valence-electron chi connectivity index (χ3n) is 4.62. The molecular formula is C15H20ClFN4O2. The lowest BCUT2D eigenvalue weighted by molar-refractivity contribution is -0.182. The Morgan fingerprint density at radius 1 is 1.26 bits per heavy atom. The molecule has 0 atom stereocenters. The van der Waals surface area contributed by atoms with Crippen LogP contribution in [-0.4, -0.2) is 34.5 Å². The van der Waals surface area contributed by atoms with Crippen LogP contribution in [0.2, 0.25) is 0 Å². The van der Waals surface area contributed by atoms with Gasteiger partial charge in [0.15, 0.2) is 0 Å². The topological polar surface area (TPSA) is 101 Å². The molecule has 0 unspecified atom stereocenters. The smallest absolute Gasteiger partial charge is 0.312 e. The minimum Gasteiger partial charge on any atom is -0.352 e. The summed E-state index contributed by atoms with van der Waals surface area (Å²) < 4.78 is 13.9. The molecule has 1 aromatic rings. The number of nitrogens with zero attached hydrogens (tertiary/aromatic N) is 1. The standard InChI is InChI=1S/C15H19FN4O2.ClH/c16-11-4-2-1-3-10(11)6-20(12(21)5-19-13(17)22)15-7-14(18,8-15)9-15;/h1-4H,5-9,18H2,(H3,17,19,22);1H. The van der Waals surface area contributed by atoms with Crippen LogP contribution in [0.25, 0.3) is 0 Å². The summed E-state index contributed by atoms with van der Waals surface area (Å²) in [6.45, 7) is -0.0227. The minimum absolute atomic E-state index is 0. The van der Waals surface area contributed by atoms with E-state index in [0.717, 1.165) is 19.3 Å². The lowest BCUT2D eigenvalue weighted by Crippen LogP contribution is -2.82. The molecule has 0 spiro atoms. The van der Waals surface area contributed by atoms with Gasteiger partial charge in [-0.2, -0.15) is 0 Å². The molecule has 126 valence electrons. The van der Waals surface area contributed by atoms with Gasteiger partial charge in [-0.3, -0.25) is 4.79 Å². The van der Waals surface area contributed by atoms with Crippen LogP contribution in [0.4, 0.5) is 9.18 Å². The molecule has 6 nitrogen and oxygen atoms in total. The van der Waals surface area contributed by atoms with Gasteiger partial charge in [-0.15, -0.1) is 12.4 Å². The Hall–Kier alpha value is -1.86. The van der Waals surface area contributed by atoms with E-state index in [4.69, 9.17) is 11.5 Å². The van der Waals surface area contributed by atoms with Crippen LogP contribution in [-0.2, 0) is 11.3 Å². The average Bonchev–Trinajstić information content (AvgIpc) is 2.40. The number of halogens is 2. The van der Waals surface area contributed by atoms with Gasteiger partial charge in [-0.25, -0.2) is 9.18 Å². The number of hydrogen-bond donors (Lipinski definition) is 3. The zero-order chi connectivity index (χ0) is 16.0. The van der Waals surface area contributed by atoms with E-state index in [1.54, 1.807) is 23.1 Å². The molecule has 8 heteroatoms. The van der Waals surface area contributed by atoms with Crippen LogP contribution in [0.15, 0.2) is 24.3 Å². The van der Waals surface area contributed by atoms with Crippen molar-refractivity contribution in [2.75, 3.05) is 6.54 Å². The average molecular weight is 343 g/mol. The molecular weight excluding hydrogens is 323 g/mol. The summed E-state index contributed by atoms with van der Waals surface area (Å²) in [6.07, 6.45) is 2.16. The largest absolute Gasteiger partial charge is 0.352 e. The summed E-state index contributed by atoms with van der Waals surface area (Å²) in [7, 11) is 0. The maximum Gasteiger partial charge on any atom is 0.312 e. The van der Waals surface area contributed by atoms with Crippen molar-refractivity contribution in [3.05, 3.63) is 35.6 Å². The molecule has 3 aliphatic rings. The molecule has 4 rings (SSSR count). The highest BCUT2D eigenvalue weighted by atomic mass is 35.5. The van der Waals surface area contributed by atoms with Crippen LogP contribution in [0.5, 0.6) is 0 Å². The van der Waals surface area contributed by atoms with Crippen molar-refractivity contribution >= 4 is 24.3 Å². The first-order valence-corrected chi connectivity index (χ1v) is 7.20. The molecule has 2 bridgehead atoms. The van der Waals surface area contributed by atoms with Gasteiger partial charge >= 0.3 is 6.03 Å². The van der Waals surface area contributed by atoms with Crippen molar-refractivity contribution in [1.29, 1.82) is 0 Å². The lowest BCUT2D eigenvalue weighted by atomic mass is 9.44. The third kappa shape index (κ3) is 3.11. The number of amides is 3. The molecule has 3 amide bonds. The molecule has 3 aliphatic carbocycles. The Balaban J connectivity index is 0.00000192. The molecule has 3 saturated carbocycles. The molecule has 0 aliphatic heterocycles. The van der Waals surface area contributed by atoms with Gasteiger partial charge < -0.3 is 21.7 Å². The SMILES string of the molecule is Cl.NC(=O)NCC(=O)N(Cc1ccccc1F)C12CC(N)(C1)C2. The Morgan fingerprint density at radius 3 is 2.39 bits per heavy atom. The number of carbonyl (C=O) groups is 2. The molecule has 23 heavy (non-hydrogen) atoms. The van der Waals surface area contributed by atoms with E-state index in [1.807, 2.05) is 0 Å². The highest BCUT2D eigenvalue weighted by Crippen LogP contribution is 2.62. The third-order valence-corrected chi connectivity index (χ3v) is 4.62. The van der Waals surface area contributed by atoms with Crippen LogP contribution >= 0.6 is 12.4 Å². The van der Waals surface area contributed by atoms with E-state index in [0.29, 0.717) is 5.56 Å². The molecule has 0 aromatic heterocycles. The van der Waals surface area contributed by atoms with E-state index in [2.05, 4.69) is 5.32 Å². The molecule has 3 fully saturated rings. The summed E-state index contributed by atoms with van der Waals surface area (Å²) in [6, 6.07) is 5.60. The number of benzene rings is 1. The molecule has 1 aromatic carbocycles. The number of hydrogen-bond acceptors (Lipinski definition) is 3. The van der Waals surface area contributed by atoms with E-state index in [1.165, 1.54) is 6.07 Å². The van der Waals surface area contributed by atoms with Gasteiger partial charge in [0.25, 0.3) is 0 Å². The second-order valence-electron chi connectivity index (χ2n) is 6.41. The number of nitrogens with one attached hydrogen (secondary N) is 1. The Morgan fingerprint density at radius 2 is 1.87 bits per heavy atom. The van der Waals surface area contributed by atoms with Crippen molar-refractivity contribution < 1.29 is 14.0 Å². The fourth-order valence-corrected chi connectivity index (χ4v) is 3.67. The molecule has 0 radical (unpaired) electrons. The lowest BCUT2D eigenvalue weighted by Gasteiger charge is -2.72. The minimum atomic E-state index is -0.757. The number of primary amides is 1. The second-order valence-corrected chi connectivity index (χ2v) is 6.41. The summed E-state index contributed by atoms with van der Waals surface area (Å²) >= 11 is 0. The van der Waals surface area contributed by atoms with Gasteiger partial charge in [0, 0.05) is 23.2 Å². The fraction of sp³-hybridized carbons (Fsp3) is 0.467. The van der Waals surface area contributed by atoms with Gasteiger partial charge in [0.1, 0.15) is 5.82 Å². The van der Waals surface area contributed by atoms with Crippen LogP contribution < -0.4 is 16.8 Å². The zero-order valence-corrected chi connectivity index (χ0v) is 13.4. The van der Waals surface area contributed by atoms with E-state index >= 15 is 0 Å². The maximum atomic E-state index is 13.9. The van der Waals surface area contributed by atoms with E-state index < -0.39 is 6.03 Å². The van der Waals surface area contributed by atoms with Gasteiger partial charge in [-0.05, 0) is 25.3 Å². The van der Waals surface area contributed by atoms with Crippen LogP contribution in [0, 0.1) is 5.82 Å². The first-order valence-electron chi connectivity index (χ1n) is 7.20. The Bertz CT molecular complexity index is 620. The normalized spacial score (nSPS) is 27.0. The number of carbonyl (C=O) groups excluding carboxylic acids is 2. The molecule has 5 N–H and O–H groups in total. The quantitative estimate of drug-likeness (QED) is 0.740. The van der Waals surface area contributed by atoms with Crippen LogP contribution in [0.1, 0.15) is 24.8 Å². The Labute approximate surface area is 139 Å².